The van der Waals surface area contributed by atoms with Crippen LogP contribution in [0.1, 0.15) is 11.1 Å². The number of nitrogens with one attached hydrogen (secondary N) is 1. The van der Waals surface area contributed by atoms with E-state index in [4.69, 9.17) is 11.6 Å². The summed E-state index contributed by atoms with van der Waals surface area (Å²) in [6.45, 7) is 5.42. The van der Waals surface area contributed by atoms with Crippen molar-refractivity contribution in [1.29, 1.82) is 5.26 Å². The number of piperazine rings is 1. The number of anilines is 2. The number of benzene rings is 2. The fourth-order valence-electron chi connectivity index (χ4n) is 4.72. The van der Waals surface area contributed by atoms with Gasteiger partial charge in [0.05, 0.1) is 26.5 Å². The van der Waals surface area contributed by atoms with Crippen LogP contribution in [0.5, 0.6) is 0 Å². The lowest BCUT2D eigenvalue weighted by molar-refractivity contribution is 0.148. The van der Waals surface area contributed by atoms with Gasteiger partial charge in [-0.25, -0.2) is 4.98 Å². The predicted octanol–water partition coefficient (Wildman–Crippen LogP) is 6.86. The standard InChI is InChI=1S/C30H28ClN7S2/c1-36-11-13-38(14-12-36)19-20-3-5-21(6-4-20)27-16-25-29(39-27)28(22(17-32)18-34-25)35-23-7-8-26(24(31)15-23)40-30-33-9-10-37(30)2/h3-10,15-16,18H,11-14,19H2,1-2H3,(H,34,35). The number of thiophene rings is 1. The lowest BCUT2D eigenvalue weighted by Crippen LogP contribution is -2.43. The molecule has 0 bridgehead atoms. The van der Waals surface area contributed by atoms with Crippen LogP contribution >= 0.6 is 34.7 Å². The van der Waals surface area contributed by atoms with E-state index < -0.39 is 0 Å². The number of hydrogen-bond donors (Lipinski definition) is 1. The third kappa shape index (κ3) is 5.73. The summed E-state index contributed by atoms with van der Waals surface area (Å²) < 4.78 is 2.90. The molecule has 0 saturated carbocycles. The van der Waals surface area contributed by atoms with E-state index in [-0.39, 0.29) is 0 Å². The van der Waals surface area contributed by atoms with Crippen molar-refractivity contribution in [2.24, 2.45) is 7.05 Å². The molecule has 1 aliphatic heterocycles. The maximum atomic E-state index is 9.86. The molecule has 4 heterocycles. The number of imidazole rings is 1. The molecule has 202 valence electrons. The molecule has 1 N–H and O–H groups in total. The normalized spacial score (nSPS) is 14.4. The van der Waals surface area contributed by atoms with Crippen LogP contribution in [0.25, 0.3) is 20.7 Å². The van der Waals surface area contributed by atoms with Crippen LogP contribution < -0.4 is 5.32 Å². The first kappa shape index (κ1) is 26.8. The molecule has 1 saturated heterocycles. The van der Waals surface area contributed by atoms with Crippen LogP contribution in [0, 0.1) is 11.3 Å². The highest BCUT2D eigenvalue weighted by molar-refractivity contribution is 7.99. The van der Waals surface area contributed by atoms with Gasteiger partial charge < -0.3 is 14.8 Å². The van der Waals surface area contributed by atoms with Crippen LogP contribution in [0.4, 0.5) is 11.4 Å². The van der Waals surface area contributed by atoms with E-state index in [1.807, 2.05) is 36.0 Å². The Morgan fingerprint density at radius 1 is 1.05 bits per heavy atom. The Labute approximate surface area is 247 Å². The number of nitrogens with zero attached hydrogens (tertiary/aromatic N) is 6. The van der Waals surface area contributed by atoms with Crippen LogP contribution in [-0.2, 0) is 13.6 Å². The minimum absolute atomic E-state index is 0.492. The minimum Gasteiger partial charge on any atom is -0.353 e. The Balaban J connectivity index is 1.24. The fourth-order valence-corrected chi connectivity index (χ4v) is 6.95. The van der Waals surface area contributed by atoms with Gasteiger partial charge in [-0.05, 0) is 42.4 Å². The number of hydrogen-bond acceptors (Lipinski definition) is 8. The van der Waals surface area contributed by atoms with Crippen LogP contribution in [-0.4, -0.2) is 57.6 Å². The molecule has 6 rings (SSSR count). The number of aryl methyl sites for hydroxylation is 1. The van der Waals surface area contributed by atoms with E-state index in [9.17, 15) is 5.26 Å². The van der Waals surface area contributed by atoms with E-state index >= 15 is 0 Å². The van der Waals surface area contributed by atoms with Crippen molar-refractivity contribution in [2.75, 3.05) is 38.5 Å². The Kier molecular flexibility index (Phi) is 7.78. The first-order valence-electron chi connectivity index (χ1n) is 13.0. The number of rotatable bonds is 7. The molecule has 1 fully saturated rings. The molecule has 10 heteroatoms. The van der Waals surface area contributed by atoms with Gasteiger partial charge >= 0.3 is 0 Å². The molecule has 7 nitrogen and oxygen atoms in total. The summed E-state index contributed by atoms with van der Waals surface area (Å²) in [5, 5.41) is 14.8. The zero-order chi connectivity index (χ0) is 27.6. The van der Waals surface area contributed by atoms with E-state index in [2.05, 4.69) is 68.5 Å². The van der Waals surface area contributed by atoms with Crippen LogP contribution in [0.3, 0.4) is 0 Å². The number of pyridine rings is 1. The SMILES string of the molecule is CN1CCN(Cc2ccc(-c3cc4ncc(C#N)c(Nc5ccc(Sc6nccn6C)c(Cl)c5)c4s3)cc2)CC1. The molecular weight excluding hydrogens is 558 g/mol. The third-order valence-electron chi connectivity index (χ3n) is 7.08. The van der Waals surface area contributed by atoms with E-state index in [0.29, 0.717) is 10.6 Å². The number of likely N-dealkylation sites (N-methyl/N-ethyl adjacent to an activating group) is 1. The Hall–Kier alpha value is -3.39. The summed E-state index contributed by atoms with van der Waals surface area (Å²) in [4.78, 5) is 15.9. The zero-order valence-electron chi connectivity index (χ0n) is 22.3. The smallest absolute Gasteiger partial charge is 0.172 e. The van der Waals surface area contributed by atoms with Crippen LogP contribution in [0.2, 0.25) is 5.02 Å². The lowest BCUT2D eigenvalue weighted by atomic mass is 10.1. The van der Waals surface area contributed by atoms with Gasteiger partial charge in [0.15, 0.2) is 5.16 Å². The average Bonchev–Trinajstić information content (AvgIpc) is 3.58. The topological polar surface area (TPSA) is 73.0 Å². The van der Waals surface area contributed by atoms with Gasteiger partial charge in [-0.15, -0.1) is 11.3 Å². The van der Waals surface area contributed by atoms with Crippen molar-refractivity contribution in [3.05, 3.63) is 83.3 Å². The molecule has 40 heavy (non-hydrogen) atoms. The van der Waals surface area contributed by atoms with E-state index in [1.165, 1.54) is 17.3 Å². The summed E-state index contributed by atoms with van der Waals surface area (Å²) in [6, 6.07) is 19.0. The number of halogens is 1. The van der Waals surface area contributed by atoms with E-state index in [1.54, 1.807) is 23.7 Å². The summed E-state index contributed by atoms with van der Waals surface area (Å²) in [7, 11) is 4.14. The highest BCUT2D eigenvalue weighted by Gasteiger charge is 2.17. The van der Waals surface area contributed by atoms with Gasteiger partial charge in [0.2, 0.25) is 0 Å². The van der Waals surface area contributed by atoms with Gasteiger partial charge in [-0.1, -0.05) is 47.6 Å². The number of aromatic nitrogens is 3. The molecule has 0 aliphatic carbocycles. The van der Waals surface area contributed by atoms with Crippen LogP contribution in [0.15, 0.2) is 77.2 Å². The largest absolute Gasteiger partial charge is 0.353 e. The third-order valence-corrected chi connectivity index (χ3v) is 9.85. The minimum atomic E-state index is 0.492. The molecule has 0 unspecified atom stereocenters. The molecule has 0 atom stereocenters. The first-order valence-corrected chi connectivity index (χ1v) is 15.0. The quantitative estimate of drug-likeness (QED) is 0.223. The maximum absolute atomic E-state index is 9.86. The Morgan fingerprint density at radius 2 is 1.85 bits per heavy atom. The van der Waals surface area contributed by atoms with Gasteiger partial charge in [-0.2, -0.15) is 5.26 Å². The number of fused-ring (bicyclic) bond motifs is 1. The summed E-state index contributed by atoms with van der Waals surface area (Å²) in [6.07, 6.45) is 5.30. The molecule has 0 radical (unpaired) electrons. The van der Waals surface area contributed by atoms with Gasteiger partial charge in [0, 0.05) is 73.8 Å². The second kappa shape index (κ2) is 11.6. The van der Waals surface area contributed by atoms with Gasteiger partial charge in [-0.3, -0.25) is 9.88 Å². The Morgan fingerprint density at radius 3 is 2.55 bits per heavy atom. The number of nitriles is 1. The molecule has 0 amide bonds. The van der Waals surface area contributed by atoms with Crippen molar-refractivity contribution in [3.8, 4) is 16.5 Å². The summed E-state index contributed by atoms with van der Waals surface area (Å²) in [5.74, 6) is 0. The van der Waals surface area contributed by atoms with Gasteiger partial charge in [0.1, 0.15) is 6.07 Å². The molecule has 3 aromatic heterocycles. The predicted molar refractivity (Wildman–Crippen MR) is 165 cm³/mol. The second-order valence-electron chi connectivity index (χ2n) is 9.95. The maximum Gasteiger partial charge on any atom is 0.172 e. The molecule has 0 spiro atoms. The molecule has 2 aromatic carbocycles. The highest BCUT2D eigenvalue weighted by atomic mass is 35.5. The van der Waals surface area contributed by atoms with Crippen molar-refractivity contribution < 1.29 is 0 Å². The molecule has 5 aromatic rings. The van der Waals surface area contributed by atoms with E-state index in [0.717, 1.165) is 74.8 Å². The fraction of sp³-hybridized carbons (Fsp3) is 0.233. The lowest BCUT2D eigenvalue weighted by Gasteiger charge is -2.32. The highest BCUT2D eigenvalue weighted by Crippen LogP contribution is 2.40. The summed E-state index contributed by atoms with van der Waals surface area (Å²) in [5.41, 5.74) is 5.37. The van der Waals surface area contributed by atoms with Crippen molar-refractivity contribution in [3.63, 3.8) is 0 Å². The molecule has 1 aliphatic rings. The first-order chi connectivity index (χ1) is 19.5. The van der Waals surface area contributed by atoms with Crippen molar-refractivity contribution in [2.45, 2.75) is 16.6 Å². The average molecular weight is 586 g/mol. The van der Waals surface area contributed by atoms with Crippen molar-refractivity contribution >= 4 is 56.3 Å². The molecular formula is C30H28ClN7S2. The van der Waals surface area contributed by atoms with Gasteiger partial charge in [0.25, 0.3) is 0 Å². The summed E-state index contributed by atoms with van der Waals surface area (Å²) >= 11 is 9.79. The second-order valence-corrected chi connectivity index (χ2v) is 12.4. The van der Waals surface area contributed by atoms with Crippen molar-refractivity contribution in [1.82, 2.24) is 24.3 Å². The zero-order valence-corrected chi connectivity index (χ0v) is 24.7. The monoisotopic (exact) mass is 585 g/mol. The Bertz CT molecular complexity index is 1700.